The summed E-state index contributed by atoms with van der Waals surface area (Å²) in [4.78, 5) is 24.5. The molecule has 2 N–H and O–H groups in total. The standard InChI is InChI=1S/C27H24N2O4/c30-26(29-23-14-8-12-21-11-4-5-13-22(21)23)17-28-27(31)19-33-25-16-7-6-15-24(25)32-18-20-9-2-1-3-10-20/h1-16H,17-19H2,(H,28,31)(H,29,30). The van der Waals surface area contributed by atoms with E-state index in [1.807, 2.05) is 78.9 Å². The Labute approximate surface area is 192 Å². The van der Waals surface area contributed by atoms with E-state index in [0.29, 0.717) is 23.8 Å². The molecule has 0 saturated carbocycles. The Morgan fingerprint density at radius 3 is 2.15 bits per heavy atom. The second-order valence-electron chi connectivity index (χ2n) is 7.36. The fourth-order valence-electron chi connectivity index (χ4n) is 3.33. The average molecular weight is 440 g/mol. The molecule has 33 heavy (non-hydrogen) atoms. The van der Waals surface area contributed by atoms with E-state index in [4.69, 9.17) is 9.47 Å². The fraction of sp³-hybridized carbons (Fsp3) is 0.111. The molecule has 0 heterocycles. The molecular weight excluding hydrogens is 416 g/mol. The third kappa shape index (κ3) is 6.11. The molecule has 6 heteroatoms. The van der Waals surface area contributed by atoms with Crippen LogP contribution in [0.2, 0.25) is 0 Å². The van der Waals surface area contributed by atoms with Crippen LogP contribution in [0.4, 0.5) is 5.69 Å². The second kappa shape index (κ2) is 10.8. The molecule has 0 atom stereocenters. The first-order valence-corrected chi connectivity index (χ1v) is 10.6. The average Bonchev–Trinajstić information content (AvgIpc) is 2.86. The number of hydrogen-bond donors (Lipinski definition) is 2. The van der Waals surface area contributed by atoms with Crippen molar-refractivity contribution in [2.45, 2.75) is 6.61 Å². The van der Waals surface area contributed by atoms with Gasteiger partial charge in [0.15, 0.2) is 18.1 Å². The number of carbonyl (C=O) groups is 2. The van der Waals surface area contributed by atoms with Crippen molar-refractivity contribution in [3.05, 3.63) is 103 Å². The normalized spacial score (nSPS) is 10.4. The highest BCUT2D eigenvalue weighted by molar-refractivity contribution is 6.03. The van der Waals surface area contributed by atoms with E-state index in [9.17, 15) is 9.59 Å². The van der Waals surface area contributed by atoms with Crippen LogP contribution in [0.3, 0.4) is 0 Å². The zero-order valence-corrected chi connectivity index (χ0v) is 18.0. The number of benzene rings is 4. The van der Waals surface area contributed by atoms with Gasteiger partial charge in [-0.15, -0.1) is 0 Å². The zero-order valence-electron chi connectivity index (χ0n) is 18.0. The van der Waals surface area contributed by atoms with Crippen LogP contribution in [0, 0.1) is 0 Å². The van der Waals surface area contributed by atoms with Crippen LogP contribution in [-0.2, 0) is 16.2 Å². The smallest absolute Gasteiger partial charge is 0.258 e. The van der Waals surface area contributed by atoms with Gasteiger partial charge in [0.2, 0.25) is 5.91 Å². The predicted molar refractivity (Wildman–Crippen MR) is 128 cm³/mol. The molecule has 4 aromatic carbocycles. The monoisotopic (exact) mass is 440 g/mol. The number of anilines is 1. The summed E-state index contributed by atoms with van der Waals surface area (Å²) in [6.45, 7) is 0.00652. The van der Waals surface area contributed by atoms with Gasteiger partial charge in [0.05, 0.1) is 6.54 Å². The summed E-state index contributed by atoms with van der Waals surface area (Å²) >= 11 is 0. The maximum absolute atomic E-state index is 12.3. The number of fused-ring (bicyclic) bond motifs is 1. The van der Waals surface area contributed by atoms with Crippen molar-refractivity contribution in [3.63, 3.8) is 0 Å². The van der Waals surface area contributed by atoms with Crippen LogP contribution < -0.4 is 20.1 Å². The summed E-state index contributed by atoms with van der Waals surface area (Å²) in [7, 11) is 0. The van der Waals surface area contributed by atoms with Crippen LogP contribution in [0.15, 0.2) is 97.1 Å². The summed E-state index contributed by atoms with van der Waals surface area (Å²) in [5.74, 6) is 0.291. The molecule has 4 aromatic rings. The molecule has 0 aliphatic heterocycles. The Morgan fingerprint density at radius 1 is 0.667 bits per heavy atom. The number of para-hydroxylation sites is 2. The molecule has 0 bridgehead atoms. The number of carbonyl (C=O) groups excluding carboxylic acids is 2. The minimum atomic E-state index is -0.402. The Bertz CT molecular complexity index is 1240. The van der Waals surface area contributed by atoms with Gasteiger partial charge in [0, 0.05) is 11.1 Å². The molecule has 0 fully saturated rings. The molecule has 0 aliphatic carbocycles. The maximum Gasteiger partial charge on any atom is 0.258 e. The second-order valence-corrected chi connectivity index (χ2v) is 7.36. The first kappa shape index (κ1) is 21.9. The lowest BCUT2D eigenvalue weighted by Crippen LogP contribution is -2.35. The van der Waals surface area contributed by atoms with Crippen molar-refractivity contribution in [3.8, 4) is 11.5 Å². The molecule has 4 rings (SSSR count). The van der Waals surface area contributed by atoms with Gasteiger partial charge < -0.3 is 20.1 Å². The SMILES string of the molecule is O=C(COc1ccccc1OCc1ccccc1)NCC(=O)Nc1cccc2ccccc12. The number of amides is 2. The number of hydrogen-bond acceptors (Lipinski definition) is 4. The molecule has 0 aliphatic rings. The fourth-order valence-corrected chi connectivity index (χ4v) is 3.33. The molecule has 0 aromatic heterocycles. The minimum Gasteiger partial charge on any atom is -0.485 e. The van der Waals surface area contributed by atoms with Gasteiger partial charge in [-0.05, 0) is 29.1 Å². The van der Waals surface area contributed by atoms with Crippen molar-refractivity contribution in [1.29, 1.82) is 0 Å². The molecular formula is C27H24N2O4. The largest absolute Gasteiger partial charge is 0.485 e. The Hall–Kier alpha value is -4.32. The van der Waals surface area contributed by atoms with Crippen LogP contribution in [0.1, 0.15) is 5.56 Å². The Kier molecular flexibility index (Phi) is 7.18. The lowest BCUT2D eigenvalue weighted by atomic mass is 10.1. The van der Waals surface area contributed by atoms with Gasteiger partial charge in [0.25, 0.3) is 5.91 Å². The van der Waals surface area contributed by atoms with E-state index in [-0.39, 0.29) is 19.1 Å². The van der Waals surface area contributed by atoms with E-state index in [2.05, 4.69) is 10.6 Å². The van der Waals surface area contributed by atoms with Crippen LogP contribution in [-0.4, -0.2) is 25.0 Å². The van der Waals surface area contributed by atoms with Crippen LogP contribution in [0.5, 0.6) is 11.5 Å². The van der Waals surface area contributed by atoms with E-state index in [1.54, 1.807) is 18.2 Å². The lowest BCUT2D eigenvalue weighted by molar-refractivity contribution is -0.125. The summed E-state index contributed by atoms with van der Waals surface area (Å²) in [5, 5.41) is 7.39. The third-order valence-electron chi connectivity index (χ3n) is 4.95. The van der Waals surface area contributed by atoms with Gasteiger partial charge in [-0.3, -0.25) is 9.59 Å². The van der Waals surface area contributed by atoms with Crippen LogP contribution >= 0.6 is 0 Å². The summed E-state index contributed by atoms with van der Waals surface area (Å²) < 4.78 is 11.5. The summed E-state index contributed by atoms with van der Waals surface area (Å²) in [6, 6.07) is 30.4. The zero-order chi connectivity index (χ0) is 22.9. The van der Waals surface area contributed by atoms with Gasteiger partial charge >= 0.3 is 0 Å². The Balaban J connectivity index is 1.26. The molecule has 0 unspecified atom stereocenters. The number of nitrogens with one attached hydrogen (secondary N) is 2. The van der Waals surface area contributed by atoms with Gasteiger partial charge in [-0.2, -0.15) is 0 Å². The molecule has 0 spiro atoms. The summed E-state index contributed by atoms with van der Waals surface area (Å²) in [5.41, 5.74) is 1.73. The van der Waals surface area contributed by atoms with E-state index in [1.165, 1.54) is 0 Å². The highest BCUT2D eigenvalue weighted by atomic mass is 16.5. The highest BCUT2D eigenvalue weighted by Gasteiger charge is 2.10. The predicted octanol–water partition coefficient (Wildman–Crippen LogP) is 4.55. The highest BCUT2D eigenvalue weighted by Crippen LogP contribution is 2.27. The van der Waals surface area contributed by atoms with Crippen molar-refractivity contribution in [2.24, 2.45) is 0 Å². The van der Waals surface area contributed by atoms with E-state index < -0.39 is 5.91 Å². The molecule has 2 amide bonds. The molecule has 166 valence electrons. The van der Waals surface area contributed by atoms with Crippen molar-refractivity contribution in [1.82, 2.24) is 5.32 Å². The van der Waals surface area contributed by atoms with E-state index in [0.717, 1.165) is 16.3 Å². The number of ether oxygens (including phenoxy) is 2. The topological polar surface area (TPSA) is 76.7 Å². The third-order valence-corrected chi connectivity index (χ3v) is 4.95. The molecule has 6 nitrogen and oxygen atoms in total. The van der Waals surface area contributed by atoms with Crippen molar-refractivity contribution >= 4 is 28.3 Å². The van der Waals surface area contributed by atoms with Crippen molar-refractivity contribution in [2.75, 3.05) is 18.5 Å². The van der Waals surface area contributed by atoms with Gasteiger partial charge in [0.1, 0.15) is 6.61 Å². The summed E-state index contributed by atoms with van der Waals surface area (Å²) in [6.07, 6.45) is 0. The molecule has 0 radical (unpaired) electrons. The number of rotatable bonds is 9. The quantitative estimate of drug-likeness (QED) is 0.400. The minimum absolute atomic E-state index is 0.155. The van der Waals surface area contributed by atoms with Crippen molar-refractivity contribution < 1.29 is 19.1 Å². The Morgan fingerprint density at radius 2 is 1.33 bits per heavy atom. The first-order chi connectivity index (χ1) is 16.2. The first-order valence-electron chi connectivity index (χ1n) is 10.6. The van der Waals surface area contributed by atoms with Crippen LogP contribution in [0.25, 0.3) is 10.8 Å². The van der Waals surface area contributed by atoms with Gasteiger partial charge in [-0.25, -0.2) is 0 Å². The van der Waals surface area contributed by atoms with Gasteiger partial charge in [-0.1, -0.05) is 78.9 Å². The van der Waals surface area contributed by atoms with E-state index >= 15 is 0 Å². The molecule has 0 saturated heterocycles. The lowest BCUT2D eigenvalue weighted by Gasteiger charge is -2.13. The maximum atomic E-state index is 12.3.